The Hall–Kier alpha value is -3.19. The van der Waals surface area contributed by atoms with Crippen molar-refractivity contribution in [3.63, 3.8) is 0 Å². The minimum Gasteiger partial charge on any atom is -0.352 e. The first kappa shape index (κ1) is 24.9. The minimum atomic E-state index is -0.0908. The van der Waals surface area contributed by atoms with Gasteiger partial charge in [-0.3, -0.25) is 9.78 Å². The summed E-state index contributed by atoms with van der Waals surface area (Å²) < 4.78 is 2.36. The van der Waals surface area contributed by atoms with Crippen LogP contribution < -0.4 is 10.6 Å². The molecule has 6 nitrogen and oxygen atoms in total. The molecule has 1 aliphatic rings. The van der Waals surface area contributed by atoms with Crippen molar-refractivity contribution >= 4 is 28.9 Å². The van der Waals surface area contributed by atoms with Crippen LogP contribution in [0, 0.1) is 27.7 Å². The highest BCUT2D eigenvalue weighted by molar-refractivity contribution is 7.80. The van der Waals surface area contributed by atoms with Gasteiger partial charge in [-0.25, -0.2) is 0 Å². The lowest BCUT2D eigenvalue weighted by Gasteiger charge is -2.28. The summed E-state index contributed by atoms with van der Waals surface area (Å²) in [5.41, 5.74) is 7.63. The Morgan fingerprint density at radius 3 is 2.57 bits per heavy atom. The number of hydrogen-bond donors (Lipinski definition) is 2. The lowest BCUT2D eigenvalue weighted by atomic mass is 9.96. The van der Waals surface area contributed by atoms with Crippen molar-refractivity contribution in [1.29, 1.82) is 0 Å². The van der Waals surface area contributed by atoms with Gasteiger partial charge in [0.15, 0.2) is 5.11 Å². The highest BCUT2D eigenvalue weighted by Crippen LogP contribution is 2.41. The van der Waals surface area contributed by atoms with Crippen molar-refractivity contribution in [3.8, 4) is 0 Å². The molecule has 184 valence electrons. The molecule has 7 heteroatoms. The number of nitrogens with one attached hydrogen (secondary N) is 2. The molecule has 3 aromatic rings. The van der Waals surface area contributed by atoms with Crippen molar-refractivity contribution in [2.75, 3.05) is 11.9 Å². The molecule has 0 spiro atoms. The summed E-state index contributed by atoms with van der Waals surface area (Å²) in [6.07, 6.45) is 2.15. The summed E-state index contributed by atoms with van der Waals surface area (Å²) in [5, 5.41) is 7.23. The maximum Gasteiger partial charge on any atom is 0.226 e. The van der Waals surface area contributed by atoms with Gasteiger partial charge in [0.05, 0.1) is 17.8 Å². The molecule has 0 aliphatic carbocycles. The van der Waals surface area contributed by atoms with Gasteiger partial charge in [0.1, 0.15) is 0 Å². The second-order valence-electron chi connectivity index (χ2n) is 9.73. The quantitative estimate of drug-likeness (QED) is 0.417. The maximum atomic E-state index is 12.9. The van der Waals surface area contributed by atoms with Crippen LogP contribution in [0.1, 0.15) is 72.2 Å². The van der Waals surface area contributed by atoms with Crippen molar-refractivity contribution in [2.24, 2.45) is 0 Å². The number of thiocarbonyl (C=S) groups is 1. The van der Waals surface area contributed by atoms with E-state index < -0.39 is 0 Å². The first-order chi connectivity index (χ1) is 16.7. The number of rotatable bonds is 7. The number of anilines is 1. The van der Waals surface area contributed by atoms with E-state index in [-0.39, 0.29) is 18.0 Å². The smallest absolute Gasteiger partial charge is 0.226 e. The molecule has 2 atom stereocenters. The number of pyridine rings is 1. The maximum absolute atomic E-state index is 12.9. The van der Waals surface area contributed by atoms with Gasteiger partial charge < -0.3 is 20.1 Å². The van der Waals surface area contributed by atoms with Crippen LogP contribution in [-0.2, 0) is 4.79 Å². The fourth-order valence-electron chi connectivity index (χ4n) is 5.19. The summed E-state index contributed by atoms with van der Waals surface area (Å²) in [7, 11) is 0. The second-order valence-corrected chi connectivity index (χ2v) is 10.1. The molecule has 0 bridgehead atoms. The third kappa shape index (κ3) is 5.10. The molecule has 4 rings (SSSR count). The third-order valence-electron chi connectivity index (χ3n) is 6.80. The van der Waals surface area contributed by atoms with Crippen LogP contribution in [0.4, 0.5) is 5.69 Å². The van der Waals surface area contributed by atoms with E-state index in [1.807, 2.05) is 50.4 Å². The summed E-state index contributed by atoms with van der Waals surface area (Å²) in [5.74, 6) is -0.0193. The second kappa shape index (κ2) is 10.2. The zero-order valence-corrected chi connectivity index (χ0v) is 22.2. The van der Waals surface area contributed by atoms with Gasteiger partial charge in [0.2, 0.25) is 5.91 Å². The van der Waals surface area contributed by atoms with E-state index in [4.69, 9.17) is 12.2 Å². The predicted octanol–water partition coefficient (Wildman–Crippen LogP) is 5.70. The summed E-state index contributed by atoms with van der Waals surface area (Å²) in [6, 6.07) is 14.5. The fraction of sp³-hybridized carbons (Fsp3) is 0.393. The van der Waals surface area contributed by atoms with Gasteiger partial charge in [-0.15, -0.1) is 0 Å². The number of carbonyl (C=O) groups excluding carboxylic acids is 1. The van der Waals surface area contributed by atoms with Crippen molar-refractivity contribution in [1.82, 2.24) is 19.8 Å². The molecule has 2 unspecified atom stereocenters. The lowest BCUT2D eigenvalue weighted by molar-refractivity contribution is -0.116. The zero-order chi connectivity index (χ0) is 25.3. The van der Waals surface area contributed by atoms with E-state index in [1.54, 1.807) is 0 Å². The lowest BCUT2D eigenvalue weighted by Crippen LogP contribution is -2.33. The van der Waals surface area contributed by atoms with Gasteiger partial charge in [0.25, 0.3) is 0 Å². The number of benzene rings is 1. The Bertz CT molecular complexity index is 1230. The monoisotopic (exact) mass is 489 g/mol. The molecule has 1 saturated heterocycles. The highest BCUT2D eigenvalue weighted by atomic mass is 32.1. The van der Waals surface area contributed by atoms with Crippen LogP contribution in [0.5, 0.6) is 0 Å². The molecule has 1 amide bonds. The number of nitrogens with zero attached hydrogens (tertiary/aromatic N) is 3. The molecular weight excluding hydrogens is 454 g/mol. The van der Waals surface area contributed by atoms with Crippen LogP contribution in [0.3, 0.4) is 0 Å². The number of amides is 1. The van der Waals surface area contributed by atoms with E-state index >= 15 is 0 Å². The molecule has 1 aromatic carbocycles. The van der Waals surface area contributed by atoms with Crippen molar-refractivity contribution < 1.29 is 4.79 Å². The van der Waals surface area contributed by atoms with Crippen LogP contribution >= 0.6 is 12.2 Å². The molecule has 35 heavy (non-hydrogen) atoms. The first-order valence-corrected chi connectivity index (χ1v) is 12.6. The van der Waals surface area contributed by atoms with Crippen LogP contribution in [0.25, 0.3) is 0 Å². The standard InChI is InChI=1S/C28H35N5OS/c1-17(2)33-20(5)16-22(21(33)6)27-26(23-9-7-8-13-29-23)31-28(35)32(27)14-12-25(34)30-24-15-18(3)10-11-19(24)4/h7-11,13,15-17,26-27H,12,14H2,1-6H3,(H,30,34)(H,31,35). The van der Waals surface area contributed by atoms with E-state index in [2.05, 4.69) is 64.9 Å². The summed E-state index contributed by atoms with van der Waals surface area (Å²) in [6.45, 7) is 13.3. The number of hydrogen-bond acceptors (Lipinski definition) is 3. The Balaban J connectivity index is 1.62. The molecule has 0 saturated carbocycles. The van der Waals surface area contributed by atoms with Crippen molar-refractivity contribution in [2.45, 2.75) is 66.1 Å². The fourth-order valence-corrected chi connectivity index (χ4v) is 5.52. The largest absolute Gasteiger partial charge is 0.352 e. The number of aryl methyl sites for hydroxylation is 3. The summed E-state index contributed by atoms with van der Waals surface area (Å²) in [4.78, 5) is 19.7. The molecule has 2 aromatic heterocycles. The average molecular weight is 490 g/mol. The first-order valence-electron chi connectivity index (χ1n) is 12.2. The van der Waals surface area contributed by atoms with Gasteiger partial charge in [-0.05, 0) is 94.7 Å². The zero-order valence-electron chi connectivity index (χ0n) is 21.4. The van der Waals surface area contributed by atoms with E-state index in [9.17, 15) is 4.79 Å². The van der Waals surface area contributed by atoms with Crippen LogP contribution in [0.15, 0.2) is 48.7 Å². The molecule has 2 N–H and O–H groups in total. The van der Waals surface area contributed by atoms with Crippen LogP contribution in [0.2, 0.25) is 0 Å². The topological polar surface area (TPSA) is 62.2 Å². The van der Waals surface area contributed by atoms with Crippen LogP contribution in [-0.4, -0.2) is 32.0 Å². The molecule has 1 fully saturated rings. The summed E-state index contributed by atoms with van der Waals surface area (Å²) >= 11 is 5.80. The molecule has 0 radical (unpaired) electrons. The molecule has 1 aliphatic heterocycles. The normalized spacial score (nSPS) is 17.7. The molecule has 3 heterocycles. The third-order valence-corrected chi connectivity index (χ3v) is 7.16. The van der Waals surface area contributed by atoms with Gasteiger partial charge in [-0.2, -0.15) is 0 Å². The van der Waals surface area contributed by atoms with Gasteiger partial charge in [0, 0.05) is 42.3 Å². The Labute approximate surface area is 213 Å². The number of carbonyl (C=O) groups is 1. The van der Waals surface area contributed by atoms with E-state index in [1.165, 1.54) is 17.0 Å². The van der Waals surface area contributed by atoms with Gasteiger partial charge >= 0.3 is 0 Å². The SMILES string of the molecule is Cc1ccc(C)c(NC(=O)CCN2C(=S)NC(c3ccccn3)C2c2cc(C)n(C(C)C)c2C)c1. The Morgan fingerprint density at radius 2 is 1.91 bits per heavy atom. The minimum absolute atomic E-state index is 0.0193. The Kier molecular flexibility index (Phi) is 7.26. The van der Waals surface area contributed by atoms with Gasteiger partial charge in [-0.1, -0.05) is 18.2 Å². The Morgan fingerprint density at radius 1 is 1.14 bits per heavy atom. The molecular formula is C28H35N5OS. The predicted molar refractivity (Wildman–Crippen MR) is 146 cm³/mol. The van der Waals surface area contributed by atoms with E-state index in [0.717, 1.165) is 22.5 Å². The number of aromatic nitrogens is 2. The average Bonchev–Trinajstić information content (AvgIpc) is 3.30. The van der Waals surface area contributed by atoms with E-state index in [0.29, 0.717) is 24.1 Å². The highest BCUT2D eigenvalue weighted by Gasteiger charge is 2.41. The van der Waals surface area contributed by atoms with Crippen molar-refractivity contribution in [3.05, 3.63) is 82.4 Å².